The minimum atomic E-state index is -4.61. The van der Waals surface area contributed by atoms with Gasteiger partial charge in [-0.15, -0.1) is 0 Å². The van der Waals surface area contributed by atoms with Crippen molar-refractivity contribution in [1.29, 1.82) is 0 Å². The third kappa shape index (κ3) is 3.32. The van der Waals surface area contributed by atoms with E-state index in [1.807, 2.05) is 0 Å². The Morgan fingerprint density at radius 1 is 1.14 bits per heavy atom. The molecule has 2 rings (SSSR count). The second-order valence-electron chi connectivity index (χ2n) is 5.07. The maximum absolute atomic E-state index is 11.4. The molecule has 0 aromatic heterocycles. The fraction of sp³-hybridized carbons (Fsp3) is 0.200. The first-order valence-electron chi connectivity index (χ1n) is 6.51. The minimum Gasteiger partial charge on any atom is -0.744 e. The number of hydrogen-bond acceptors (Lipinski definition) is 5. The lowest BCUT2D eigenvalue weighted by molar-refractivity contribution is -0.384. The summed E-state index contributed by atoms with van der Waals surface area (Å²) < 4.78 is 34.2. The smallest absolute Gasteiger partial charge is 0.269 e. The summed E-state index contributed by atoms with van der Waals surface area (Å²) in [5.41, 5.74) is 1.64. The number of nitro benzene ring substituents is 1. The number of nitrogens with zero attached hydrogens (tertiary/aromatic N) is 1. The van der Waals surface area contributed by atoms with E-state index in [4.69, 9.17) is 0 Å². The number of rotatable bonds is 4. The van der Waals surface area contributed by atoms with E-state index in [-0.39, 0.29) is 10.6 Å². The van der Waals surface area contributed by atoms with Crippen molar-refractivity contribution in [2.24, 2.45) is 0 Å². The average Bonchev–Trinajstić information content (AvgIpc) is 2.45. The van der Waals surface area contributed by atoms with Gasteiger partial charge >= 0.3 is 0 Å². The molecule has 7 heteroatoms. The Hall–Kier alpha value is -2.25. The highest BCUT2D eigenvalue weighted by atomic mass is 32.2. The van der Waals surface area contributed by atoms with E-state index < -0.39 is 21.0 Å². The molecule has 0 aliphatic heterocycles. The Morgan fingerprint density at radius 3 is 2.41 bits per heavy atom. The summed E-state index contributed by atoms with van der Waals surface area (Å²) in [4.78, 5) is 10.0. The van der Waals surface area contributed by atoms with Crippen LogP contribution >= 0.6 is 0 Å². The van der Waals surface area contributed by atoms with Crippen LogP contribution in [0, 0.1) is 17.0 Å². The first-order valence-corrected chi connectivity index (χ1v) is 7.92. The Labute approximate surface area is 128 Å². The summed E-state index contributed by atoms with van der Waals surface area (Å²) in [5, 5.41) is 10.9. The number of benzene rings is 2. The van der Waals surface area contributed by atoms with Gasteiger partial charge in [0.05, 0.1) is 9.82 Å². The summed E-state index contributed by atoms with van der Waals surface area (Å²) >= 11 is 0. The van der Waals surface area contributed by atoms with Gasteiger partial charge in [0.15, 0.2) is 0 Å². The van der Waals surface area contributed by atoms with Gasteiger partial charge in [-0.1, -0.05) is 36.8 Å². The van der Waals surface area contributed by atoms with Crippen LogP contribution < -0.4 is 0 Å². The summed E-state index contributed by atoms with van der Waals surface area (Å²) in [6.45, 7) is 3.49. The molecule has 0 aliphatic carbocycles. The van der Waals surface area contributed by atoms with Crippen LogP contribution in [0.5, 0.6) is 0 Å². The Morgan fingerprint density at radius 2 is 1.82 bits per heavy atom. The number of non-ortho nitro benzene ring substituents is 1. The van der Waals surface area contributed by atoms with Crippen molar-refractivity contribution in [3.63, 3.8) is 0 Å². The van der Waals surface area contributed by atoms with Gasteiger partial charge < -0.3 is 4.55 Å². The van der Waals surface area contributed by atoms with Gasteiger partial charge in [0.1, 0.15) is 10.1 Å². The summed E-state index contributed by atoms with van der Waals surface area (Å²) in [6.07, 6.45) is 0. The maximum Gasteiger partial charge on any atom is 0.269 e. The van der Waals surface area contributed by atoms with Gasteiger partial charge in [-0.25, -0.2) is 8.42 Å². The highest BCUT2D eigenvalue weighted by Gasteiger charge is 2.18. The molecule has 0 fully saturated rings. The molecule has 2 aromatic carbocycles. The summed E-state index contributed by atoms with van der Waals surface area (Å²) in [6, 6.07) is 10.4. The van der Waals surface area contributed by atoms with Crippen molar-refractivity contribution >= 4 is 15.8 Å². The monoisotopic (exact) mass is 320 g/mol. The average molecular weight is 320 g/mol. The Balaban J connectivity index is 2.59. The molecule has 6 nitrogen and oxygen atoms in total. The first-order chi connectivity index (χ1) is 10.2. The molecule has 116 valence electrons. The van der Waals surface area contributed by atoms with Crippen LogP contribution in [-0.2, 0) is 10.1 Å². The number of nitro groups is 1. The Bertz CT molecular complexity index is 830. The molecule has 0 N–H and O–H groups in total. The molecule has 22 heavy (non-hydrogen) atoms. The van der Waals surface area contributed by atoms with E-state index in [1.165, 1.54) is 24.3 Å². The molecule has 0 bridgehead atoms. The number of aryl methyl sites for hydroxylation is 1. The van der Waals surface area contributed by atoms with Crippen LogP contribution in [-0.4, -0.2) is 17.9 Å². The van der Waals surface area contributed by atoms with Gasteiger partial charge in [0, 0.05) is 18.1 Å². The largest absolute Gasteiger partial charge is 0.744 e. The molecule has 0 saturated heterocycles. The first kappa shape index (κ1) is 16.1. The SMILES string of the molecule is Cc1ccc(S(=O)(=O)[O-])c(C(C)c2cccc([N+](=O)[O-])c2)c1. The summed E-state index contributed by atoms with van der Waals surface area (Å²) in [7, 11) is -4.61. The van der Waals surface area contributed by atoms with Crippen molar-refractivity contribution in [3.05, 3.63) is 69.3 Å². The lowest BCUT2D eigenvalue weighted by Crippen LogP contribution is -2.07. The molecule has 0 heterocycles. The lowest BCUT2D eigenvalue weighted by atomic mass is 9.92. The van der Waals surface area contributed by atoms with Crippen LogP contribution in [0.2, 0.25) is 0 Å². The quantitative estimate of drug-likeness (QED) is 0.490. The van der Waals surface area contributed by atoms with Gasteiger partial charge in [0.25, 0.3) is 5.69 Å². The zero-order chi connectivity index (χ0) is 16.5. The predicted molar refractivity (Wildman–Crippen MR) is 79.8 cm³/mol. The minimum absolute atomic E-state index is 0.0801. The molecule has 2 aromatic rings. The molecular weight excluding hydrogens is 306 g/mol. The topological polar surface area (TPSA) is 100 Å². The normalized spacial score (nSPS) is 12.9. The van der Waals surface area contributed by atoms with Crippen molar-refractivity contribution in [3.8, 4) is 0 Å². The molecule has 0 aliphatic rings. The second-order valence-corrected chi connectivity index (χ2v) is 6.42. The maximum atomic E-state index is 11.4. The highest BCUT2D eigenvalue weighted by molar-refractivity contribution is 7.85. The van der Waals surface area contributed by atoms with Crippen LogP contribution in [0.15, 0.2) is 47.4 Å². The van der Waals surface area contributed by atoms with Gasteiger partial charge in [-0.05, 0) is 24.1 Å². The molecule has 1 unspecified atom stereocenters. The predicted octanol–water partition coefficient (Wildman–Crippen LogP) is 2.96. The molecular formula is C15H14NO5S-. The van der Waals surface area contributed by atoms with Gasteiger partial charge in [0.2, 0.25) is 0 Å². The Kier molecular flexibility index (Phi) is 4.30. The van der Waals surface area contributed by atoms with Crippen LogP contribution in [0.1, 0.15) is 29.5 Å². The third-order valence-corrected chi connectivity index (χ3v) is 4.39. The molecule has 0 saturated carbocycles. The van der Waals surface area contributed by atoms with Gasteiger partial charge in [-0.2, -0.15) is 0 Å². The standard InChI is InChI=1S/C15H15NO5S/c1-10-6-7-15(22(19,20)21)14(8-10)11(2)12-4-3-5-13(9-12)16(17)18/h3-9,11H,1-2H3,(H,19,20,21)/p-1. The molecule has 0 spiro atoms. The second kappa shape index (κ2) is 5.86. The zero-order valence-electron chi connectivity index (χ0n) is 12.0. The van der Waals surface area contributed by atoms with Crippen LogP contribution in [0.4, 0.5) is 5.69 Å². The van der Waals surface area contributed by atoms with Crippen LogP contribution in [0.25, 0.3) is 0 Å². The van der Waals surface area contributed by atoms with E-state index in [2.05, 4.69) is 0 Å². The third-order valence-electron chi connectivity index (χ3n) is 3.48. The van der Waals surface area contributed by atoms with E-state index >= 15 is 0 Å². The highest BCUT2D eigenvalue weighted by Crippen LogP contribution is 2.31. The zero-order valence-corrected chi connectivity index (χ0v) is 12.8. The van der Waals surface area contributed by atoms with E-state index in [9.17, 15) is 23.1 Å². The van der Waals surface area contributed by atoms with Crippen molar-refractivity contribution in [1.82, 2.24) is 0 Å². The molecule has 0 radical (unpaired) electrons. The fourth-order valence-electron chi connectivity index (χ4n) is 2.32. The van der Waals surface area contributed by atoms with E-state index in [0.29, 0.717) is 11.1 Å². The lowest BCUT2D eigenvalue weighted by Gasteiger charge is -2.19. The molecule has 0 amide bonds. The van der Waals surface area contributed by atoms with Crippen molar-refractivity contribution < 1.29 is 17.9 Å². The molecule has 1 atom stereocenters. The summed E-state index contributed by atoms with van der Waals surface area (Å²) in [5.74, 6) is -0.460. The van der Waals surface area contributed by atoms with E-state index in [1.54, 1.807) is 32.0 Å². The van der Waals surface area contributed by atoms with Crippen LogP contribution in [0.3, 0.4) is 0 Å². The van der Waals surface area contributed by atoms with Crippen molar-refractivity contribution in [2.75, 3.05) is 0 Å². The van der Waals surface area contributed by atoms with Crippen molar-refractivity contribution in [2.45, 2.75) is 24.7 Å². The fourth-order valence-corrected chi connectivity index (χ4v) is 3.08. The van der Waals surface area contributed by atoms with E-state index in [0.717, 1.165) is 5.56 Å². The number of hydrogen-bond donors (Lipinski definition) is 0. The van der Waals surface area contributed by atoms with Gasteiger partial charge in [-0.3, -0.25) is 10.1 Å².